The molecule has 1 N–H and O–H groups in total. The summed E-state index contributed by atoms with van der Waals surface area (Å²) < 4.78 is 10.8. The van der Waals surface area contributed by atoms with Gasteiger partial charge in [-0.3, -0.25) is 0 Å². The molecule has 0 radical (unpaired) electrons. The maximum absolute atomic E-state index is 11.0. The van der Waals surface area contributed by atoms with Gasteiger partial charge in [-0.1, -0.05) is 25.1 Å². The first-order chi connectivity index (χ1) is 10.1. The number of carbonyl (C=O) groups is 1. The number of rotatable bonds is 6. The van der Waals surface area contributed by atoms with Gasteiger partial charge in [0, 0.05) is 0 Å². The molecule has 0 amide bonds. The summed E-state index contributed by atoms with van der Waals surface area (Å²) in [6, 6.07) is 12.9. The average Bonchev–Trinajstić information content (AvgIpc) is 2.52. The molecule has 0 fully saturated rings. The number of methoxy groups -OCH3 is 1. The normalized spacial score (nSPS) is 10.2. The van der Waals surface area contributed by atoms with Crippen LogP contribution in [0.4, 0.5) is 0 Å². The second-order valence-corrected chi connectivity index (χ2v) is 4.63. The molecule has 0 bridgehead atoms. The van der Waals surface area contributed by atoms with Crippen molar-refractivity contribution in [3.05, 3.63) is 59.2 Å². The van der Waals surface area contributed by atoms with Gasteiger partial charge in [-0.15, -0.1) is 0 Å². The van der Waals surface area contributed by atoms with Crippen LogP contribution in [0.3, 0.4) is 0 Å². The van der Waals surface area contributed by atoms with E-state index in [4.69, 9.17) is 14.6 Å². The lowest BCUT2D eigenvalue weighted by Crippen LogP contribution is -2.02. The van der Waals surface area contributed by atoms with Crippen molar-refractivity contribution < 1.29 is 19.4 Å². The predicted octanol–water partition coefficient (Wildman–Crippen LogP) is 3.53. The molecular formula is C17H18O4. The van der Waals surface area contributed by atoms with Crippen LogP contribution in [0, 0.1) is 0 Å². The third-order valence-electron chi connectivity index (χ3n) is 3.21. The lowest BCUT2D eigenvalue weighted by molar-refractivity contribution is 0.0693. The van der Waals surface area contributed by atoms with E-state index >= 15 is 0 Å². The van der Waals surface area contributed by atoms with Gasteiger partial charge in [0.25, 0.3) is 0 Å². The van der Waals surface area contributed by atoms with E-state index in [1.807, 2.05) is 18.2 Å². The third-order valence-corrected chi connectivity index (χ3v) is 3.21. The van der Waals surface area contributed by atoms with Gasteiger partial charge in [-0.25, -0.2) is 4.79 Å². The lowest BCUT2D eigenvalue weighted by Gasteiger charge is -2.10. The highest BCUT2D eigenvalue weighted by molar-refractivity contribution is 5.90. The predicted molar refractivity (Wildman–Crippen MR) is 80.1 cm³/mol. The molecule has 2 aromatic rings. The van der Waals surface area contributed by atoms with Crippen LogP contribution >= 0.6 is 0 Å². The average molecular weight is 286 g/mol. The van der Waals surface area contributed by atoms with Crippen LogP contribution in [0.2, 0.25) is 0 Å². The van der Waals surface area contributed by atoms with Crippen molar-refractivity contribution in [1.82, 2.24) is 0 Å². The van der Waals surface area contributed by atoms with Gasteiger partial charge < -0.3 is 14.6 Å². The first-order valence-electron chi connectivity index (χ1n) is 6.76. The standard InChI is InChI=1S/C17H18O4/c1-3-12-5-4-6-14(9-12)21-11-13-7-8-15(17(18)19)16(10-13)20-2/h4-10H,3,11H2,1-2H3,(H,18,19). The monoisotopic (exact) mass is 286 g/mol. The van der Waals surface area contributed by atoms with Crippen molar-refractivity contribution in [3.63, 3.8) is 0 Å². The Labute approximate surface area is 123 Å². The molecule has 110 valence electrons. The second kappa shape index (κ2) is 6.79. The molecule has 0 heterocycles. The topological polar surface area (TPSA) is 55.8 Å². The number of hydrogen-bond acceptors (Lipinski definition) is 3. The third kappa shape index (κ3) is 3.75. The fraction of sp³-hybridized carbons (Fsp3) is 0.235. The molecule has 4 nitrogen and oxygen atoms in total. The quantitative estimate of drug-likeness (QED) is 0.882. The number of aryl methyl sites for hydroxylation is 1. The summed E-state index contributed by atoms with van der Waals surface area (Å²) in [6.45, 7) is 2.46. The fourth-order valence-corrected chi connectivity index (χ4v) is 2.02. The van der Waals surface area contributed by atoms with Crippen molar-refractivity contribution in [2.24, 2.45) is 0 Å². The molecule has 2 rings (SSSR count). The van der Waals surface area contributed by atoms with E-state index in [2.05, 4.69) is 13.0 Å². The van der Waals surface area contributed by atoms with E-state index in [9.17, 15) is 4.79 Å². The van der Waals surface area contributed by atoms with E-state index in [0.717, 1.165) is 17.7 Å². The Morgan fingerprint density at radius 1 is 1.14 bits per heavy atom. The Morgan fingerprint density at radius 3 is 2.62 bits per heavy atom. The molecular weight excluding hydrogens is 268 g/mol. The van der Waals surface area contributed by atoms with Crippen LogP contribution in [0.1, 0.15) is 28.4 Å². The first-order valence-corrected chi connectivity index (χ1v) is 6.76. The highest BCUT2D eigenvalue weighted by atomic mass is 16.5. The zero-order valence-electron chi connectivity index (χ0n) is 12.1. The van der Waals surface area contributed by atoms with Crippen molar-refractivity contribution in [3.8, 4) is 11.5 Å². The fourth-order valence-electron chi connectivity index (χ4n) is 2.02. The van der Waals surface area contributed by atoms with Crippen LogP contribution in [-0.2, 0) is 13.0 Å². The summed E-state index contributed by atoms with van der Waals surface area (Å²) >= 11 is 0. The smallest absolute Gasteiger partial charge is 0.339 e. The van der Waals surface area contributed by atoms with E-state index in [0.29, 0.717) is 12.4 Å². The second-order valence-electron chi connectivity index (χ2n) is 4.63. The Balaban J connectivity index is 2.11. The number of ether oxygens (including phenoxy) is 2. The zero-order valence-corrected chi connectivity index (χ0v) is 12.1. The molecule has 0 aliphatic carbocycles. The molecule has 0 aliphatic heterocycles. The van der Waals surface area contributed by atoms with Gasteiger partial charge in [-0.2, -0.15) is 0 Å². The highest BCUT2D eigenvalue weighted by Gasteiger charge is 2.11. The Morgan fingerprint density at radius 2 is 1.95 bits per heavy atom. The Bertz CT molecular complexity index is 634. The highest BCUT2D eigenvalue weighted by Crippen LogP contribution is 2.22. The van der Waals surface area contributed by atoms with Crippen molar-refractivity contribution in [2.45, 2.75) is 20.0 Å². The molecule has 0 aliphatic rings. The van der Waals surface area contributed by atoms with Gasteiger partial charge in [0.05, 0.1) is 7.11 Å². The number of hydrogen-bond donors (Lipinski definition) is 1. The van der Waals surface area contributed by atoms with Crippen LogP contribution in [-0.4, -0.2) is 18.2 Å². The van der Waals surface area contributed by atoms with E-state index in [-0.39, 0.29) is 5.56 Å². The summed E-state index contributed by atoms with van der Waals surface area (Å²) in [5, 5.41) is 9.04. The van der Waals surface area contributed by atoms with Crippen molar-refractivity contribution in [2.75, 3.05) is 7.11 Å². The van der Waals surface area contributed by atoms with E-state index < -0.39 is 5.97 Å². The minimum Gasteiger partial charge on any atom is -0.496 e. The van der Waals surface area contributed by atoms with E-state index in [1.54, 1.807) is 12.1 Å². The van der Waals surface area contributed by atoms with Crippen molar-refractivity contribution >= 4 is 5.97 Å². The summed E-state index contributed by atoms with van der Waals surface area (Å²) in [7, 11) is 1.46. The van der Waals surface area contributed by atoms with Crippen LogP contribution in [0.25, 0.3) is 0 Å². The maximum atomic E-state index is 11.0. The van der Waals surface area contributed by atoms with Crippen LogP contribution in [0.5, 0.6) is 11.5 Å². The van der Waals surface area contributed by atoms with Gasteiger partial charge in [0.1, 0.15) is 23.7 Å². The first kappa shape index (κ1) is 14.9. The minimum atomic E-state index is -1.00. The largest absolute Gasteiger partial charge is 0.496 e. The maximum Gasteiger partial charge on any atom is 0.339 e. The molecule has 4 heteroatoms. The molecule has 0 unspecified atom stereocenters. The molecule has 2 aromatic carbocycles. The SMILES string of the molecule is CCc1cccc(OCc2ccc(C(=O)O)c(OC)c2)c1. The van der Waals surface area contributed by atoms with Gasteiger partial charge in [-0.05, 0) is 41.8 Å². The van der Waals surface area contributed by atoms with Crippen molar-refractivity contribution in [1.29, 1.82) is 0 Å². The summed E-state index contributed by atoms with van der Waals surface area (Å²) in [6.07, 6.45) is 0.957. The molecule has 0 saturated heterocycles. The summed E-state index contributed by atoms with van der Waals surface area (Å²) in [5.74, 6) is 0.136. The van der Waals surface area contributed by atoms with Gasteiger partial charge in [0.15, 0.2) is 0 Å². The summed E-state index contributed by atoms with van der Waals surface area (Å²) in [5.41, 5.74) is 2.22. The van der Waals surface area contributed by atoms with Gasteiger partial charge in [0.2, 0.25) is 0 Å². The molecule has 21 heavy (non-hydrogen) atoms. The number of carboxylic acids is 1. The number of benzene rings is 2. The number of carboxylic acid groups (broad SMARTS) is 1. The molecule has 0 spiro atoms. The lowest BCUT2D eigenvalue weighted by atomic mass is 10.1. The van der Waals surface area contributed by atoms with Gasteiger partial charge >= 0.3 is 5.97 Å². The number of aromatic carboxylic acids is 1. The molecule has 0 aromatic heterocycles. The summed E-state index contributed by atoms with van der Waals surface area (Å²) in [4.78, 5) is 11.0. The van der Waals surface area contributed by atoms with E-state index in [1.165, 1.54) is 18.7 Å². The molecule has 0 saturated carbocycles. The zero-order chi connectivity index (χ0) is 15.2. The minimum absolute atomic E-state index is 0.147. The van der Waals surface area contributed by atoms with Crippen LogP contribution in [0.15, 0.2) is 42.5 Å². The Hall–Kier alpha value is -2.49. The Kier molecular flexibility index (Phi) is 4.82. The molecule has 0 atom stereocenters. The van der Waals surface area contributed by atoms with Crippen LogP contribution < -0.4 is 9.47 Å².